The van der Waals surface area contributed by atoms with Crippen molar-refractivity contribution < 1.29 is 19.7 Å². The molecule has 0 saturated carbocycles. The number of ether oxygens (including phenoxy) is 1. The van der Waals surface area contributed by atoms with Crippen molar-refractivity contribution in [3.05, 3.63) is 53.9 Å². The molecule has 1 aromatic heterocycles. The van der Waals surface area contributed by atoms with E-state index < -0.39 is 5.97 Å². The van der Waals surface area contributed by atoms with Gasteiger partial charge in [-0.3, -0.25) is 9.69 Å². The van der Waals surface area contributed by atoms with Gasteiger partial charge in [-0.1, -0.05) is 18.2 Å². The van der Waals surface area contributed by atoms with Crippen molar-refractivity contribution in [2.75, 3.05) is 20.2 Å². The number of para-hydroxylation sites is 1. The molecule has 0 bridgehead atoms. The molecule has 7 heteroatoms. The molecule has 2 aromatic carbocycles. The maximum Gasteiger partial charge on any atom is 0.303 e. The Kier molecular flexibility index (Phi) is 5.90. The molecule has 0 amide bonds. The van der Waals surface area contributed by atoms with Crippen LogP contribution in [0.3, 0.4) is 0 Å². The molecular formula is C23H27N3O4. The summed E-state index contributed by atoms with van der Waals surface area (Å²) in [4.78, 5) is 21.8. The minimum atomic E-state index is -0.756. The molecule has 3 N–H and O–H groups in total. The van der Waals surface area contributed by atoms with E-state index in [-0.39, 0.29) is 18.3 Å². The first-order chi connectivity index (χ1) is 14.5. The molecule has 2 heterocycles. The first kappa shape index (κ1) is 20.2. The summed E-state index contributed by atoms with van der Waals surface area (Å²) in [6, 6.07) is 13.1. The molecule has 2 unspecified atom stereocenters. The Morgan fingerprint density at radius 3 is 2.87 bits per heavy atom. The summed E-state index contributed by atoms with van der Waals surface area (Å²) in [6.07, 6.45) is 1.67. The van der Waals surface area contributed by atoms with Gasteiger partial charge in [-0.05, 0) is 43.0 Å². The number of nitrogens with zero attached hydrogens (tertiary/aromatic N) is 2. The van der Waals surface area contributed by atoms with Crippen molar-refractivity contribution in [3.63, 3.8) is 0 Å². The average molecular weight is 409 g/mol. The van der Waals surface area contributed by atoms with Gasteiger partial charge in [-0.15, -0.1) is 0 Å². The molecule has 0 spiro atoms. The highest BCUT2D eigenvalue weighted by Crippen LogP contribution is 2.31. The van der Waals surface area contributed by atoms with E-state index in [0.717, 1.165) is 47.7 Å². The number of hydrogen-bond donors (Lipinski definition) is 3. The number of rotatable bonds is 7. The topological polar surface area (TPSA) is 98.7 Å². The number of methoxy groups -OCH3 is 1. The molecular weight excluding hydrogens is 382 g/mol. The molecule has 158 valence electrons. The van der Waals surface area contributed by atoms with Crippen LogP contribution in [0.4, 0.5) is 0 Å². The number of carboxylic acids is 1. The molecule has 30 heavy (non-hydrogen) atoms. The van der Waals surface area contributed by atoms with Crippen LogP contribution in [-0.2, 0) is 17.8 Å². The Hall–Kier alpha value is -3.06. The van der Waals surface area contributed by atoms with E-state index in [1.807, 2.05) is 36.4 Å². The summed E-state index contributed by atoms with van der Waals surface area (Å²) in [5.41, 5.74) is 2.69. The van der Waals surface area contributed by atoms with Crippen molar-refractivity contribution in [2.45, 2.75) is 25.8 Å². The Morgan fingerprint density at radius 2 is 2.10 bits per heavy atom. The normalized spacial score (nSPS) is 19.8. The van der Waals surface area contributed by atoms with Gasteiger partial charge in [0.15, 0.2) is 0 Å². The fourth-order valence-corrected chi connectivity index (χ4v) is 4.42. The second-order valence-electron chi connectivity index (χ2n) is 8.04. The highest BCUT2D eigenvalue weighted by molar-refractivity contribution is 5.76. The monoisotopic (exact) mass is 409 g/mol. The largest absolute Gasteiger partial charge is 0.508 e. The van der Waals surface area contributed by atoms with E-state index in [0.29, 0.717) is 18.7 Å². The Bertz CT molecular complexity index is 1030. The second-order valence-corrected chi connectivity index (χ2v) is 8.04. The number of nitrogens with one attached hydrogen (secondary N) is 1. The van der Waals surface area contributed by atoms with Crippen molar-refractivity contribution >= 4 is 17.0 Å². The molecule has 4 rings (SSSR count). The fourth-order valence-electron chi connectivity index (χ4n) is 4.42. The Morgan fingerprint density at radius 1 is 1.27 bits per heavy atom. The number of benzene rings is 2. The number of carboxylic acid groups (broad SMARTS) is 1. The van der Waals surface area contributed by atoms with Crippen molar-refractivity contribution in [1.82, 2.24) is 14.9 Å². The third kappa shape index (κ3) is 4.57. The van der Waals surface area contributed by atoms with Crippen LogP contribution in [-0.4, -0.2) is 51.2 Å². The van der Waals surface area contributed by atoms with Crippen LogP contribution < -0.4 is 4.74 Å². The lowest BCUT2D eigenvalue weighted by Crippen LogP contribution is -2.41. The number of fused-ring (bicyclic) bond motifs is 1. The number of aromatic amines is 1. The number of likely N-dealkylation sites (tertiary alicyclic amines) is 1. The van der Waals surface area contributed by atoms with Crippen LogP contribution in [0, 0.1) is 11.8 Å². The first-order valence-electron chi connectivity index (χ1n) is 10.3. The molecule has 2 atom stereocenters. The van der Waals surface area contributed by atoms with Gasteiger partial charge in [0.1, 0.15) is 17.3 Å². The van der Waals surface area contributed by atoms with Crippen molar-refractivity contribution in [2.24, 2.45) is 11.8 Å². The lowest BCUT2D eigenvalue weighted by atomic mass is 9.81. The van der Waals surface area contributed by atoms with Gasteiger partial charge in [0.25, 0.3) is 0 Å². The standard InChI is InChI=1S/C23H27N3O4/c1-30-18-6-7-19-20(12-18)25-22(24-19)10-17-14-26(9-8-15(17)11-23(28)29)13-16-4-2-3-5-21(16)27/h2-7,12,15,17,27H,8-11,13-14H2,1H3,(H,24,25)(H,28,29). The van der Waals surface area contributed by atoms with Crippen LogP contribution in [0.2, 0.25) is 0 Å². The highest BCUT2D eigenvalue weighted by atomic mass is 16.5. The number of aromatic nitrogens is 2. The molecule has 1 aliphatic heterocycles. The van der Waals surface area contributed by atoms with E-state index in [1.165, 1.54) is 0 Å². The minimum Gasteiger partial charge on any atom is -0.508 e. The predicted octanol–water partition coefficient (Wildman–Crippen LogP) is 3.43. The smallest absolute Gasteiger partial charge is 0.303 e. The SMILES string of the molecule is COc1ccc2nc(CC3CN(Cc4ccccc4O)CCC3CC(=O)O)[nH]c2c1. The van der Waals surface area contributed by atoms with Gasteiger partial charge in [0.2, 0.25) is 0 Å². The van der Waals surface area contributed by atoms with Crippen LogP contribution in [0.15, 0.2) is 42.5 Å². The molecule has 7 nitrogen and oxygen atoms in total. The molecule has 1 fully saturated rings. The summed E-state index contributed by atoms with van der Waals surface area (Å²) in [5, 5.41) is 19.5. The number of aromatic hydroxyl groups is 1. The van der Waals surface area contributed by atoms with E-state index in [4.69, 9.17) is 9.72 Å². The molecule has 0 radical (unpaired) electrons. The number of piperidine rings is 1. The third-order valence-electron chi connectivity index (χ3n) is 5.99. The summed E-state index contributed by atoms with van der Waals surface area (Å²) < 4.78 is 5.28. The van der Waals surface area contributed by atoms with Crippen LogP contribution in [0.5, 0.6) is 11.5 Å². The van der Waals surface area contributed by atoms with Gasteiger partial charge in [-0.25, -0.2) is 4.98 Å². The van der Waals surface area contributed by atoms with Gasteiger partial charge in [-0.2, -0.15) is 0 Å². The fraction of sp³-hybridized carbons (Fsp3) is 0.391. The molecule has 1 saturated heterocycles. The Labute approximate surface area is 175 Å². The van der Waals surface area contributed by atoms with Crippen molar-refractivity contribution in [1.29, 1.82) is 0 Å². The molecule has 1 aliphatic rings. The number of carbonyl (C=O) groups is 1. The van der Waals surface area contributed by atoms with E-state index in [1.54, 1.807) is 13.2 Å². The highest BCUT2D eigenvalue weighted by Gasteiger charge is 2.31. The maximum atomic E-state index is 11.4. The van der Waals surface area contributed by atoms with Gasteiger partial charge in [0, 0.05) is 37.6 Å². The number of hydrogen-bond acceptors (Lipinski definition) is 5. The number of imidazole rings is 1. The molecule has 3 aromatic rings. The number of aliphatic carboxylic acids is 1. The zero-order valence-corrected chi connectivity index (χ0v) is 17.0. The second kappa shape index (κ2) is 8.75. The zero-order valence-electron chi connectivity index (χ0n) is 17.0. The van der Waals surface area contributed by atoms with Crippen LogP contribution in [0.25, 0.3) is 11.0 Å². The predicted molar refractivity (Wildman–Crippen MR) is 114 cm³/mol. The van der Waals surface area contributed by atoms with Gasteiger partial charge >= 0.3 is 5.97 Å². The zero-order chi connectivity index (χ0) is 21.1. The van der Waals surface area contributed by atoms with Crippen LogP contribution >= 0.6 is 0 Å². The van der Waals surface area contributed by atoms with E-state index in [2.05, 4.69) is 9.88 Å². The van der Waals surface area contributed by atoms with E-state index in [9.17, 15) is 15.0 Å². The summed E-state index contributed by atoms with van der Waals surface area (Å²) in [5.74, 6) is 1.45. The summed E-state index contributed by atoms with van der Waals surface area (Å²) in [7, 11) is 1.64. The lowest BCUT2D eigenvalue weighted by molar-refractivity contribution is -0.139. The van der Waals surface area contributed by atoms with Crippen LogP contribution in [0.1, 0.15) is 24.2 Å². The summed E-state index contributed by atoms with van der Waals surface area (Å²) >= 11 is 0. The first-order valence-corrected chi connectivity index (χ1v) is 10.3. The average Bonchev–Trinajstić information content (AvgIpc) is 3.12. The third-order valence-corrected chi connectivity index (χ3v) is 5.99. The summed E-state index contributed by atoms with van der Waals surface area (Å²) in [6.45, 7) is 2.24. The van der Waals surface area contributed by atoms with Gasteiger partial charge in [0.05, 0.1) is 18.1 Å². The Balaban J connectivity index is 1.52. The minimum absolute atomic E-state index is 0.103. The van der Waals surface area contributed by atoms with E-state index >= 15 is 0 Å². The number of H-pyrrole nitrogens is 1. The quantitative estimate of drug-likeness (QED) is 0.553. The lowest BCUT2D eigenvalue weighted by Gasteiger charge is -2.38. The molecule has 0 aliphatic carbocycles. The van der Waals surface area contributed by atoms with Gasteiger partial charge < -0.3 is 19.9 Å². The number of phenolic OH excluding ortho intramolecular Hbond substituents is 1. The number of phenols is 1. The maximum absolute atomic E-state index is 11.4. The van der Waals surface area contributed by atoms with Crippen molar-refractivity contribution in [3.8, 4) is 11.5 Å².